The predicted molar refractivity (Wildman–Crippen MR) is 46.2 cm³/mol. The Balaban J connectivity index is 2.09. The van der Waals surface area contributed by atoms with Crippen molar-refractivity contribution in [2.45, 2.75) is 12.5 Å². The molecular weight excluding hydrogens is 174 g/mol. The van der Waals surface area contributed by atoms with Gasteiger partial charge in [-0.25, -0.2) is 4.79 Å². The van der Waals surface area contributed by atoms with E-state index in [1.807, 2.05) is 11.4 Å². The molecule has 0 radical (unpaired) electrons. The number of ether oxygens (including phenoxy) is 1. The van der Waals surface area contributed by atoms with Crippen molar-refractivity contribution in [3.8, 4) is 0 Å². The van der Waals surface area contributed by atoms with Gasteiger partial charge in [-0.05, 0) is 22.4 Å². The third-order valence-electron chi connectivity index (χ3n) is 1.88. The maximum atomic E-state index is 10.8. The molecule has 0 aromatic carbocycles. The molecule has 1 atom stereocenters. The number of thiophene rings is 1. The molecule has 1 saturated heterocycles. The minimum Gasteiger partial charge on any atom is -0.449 e. The largest absolute Gasteiger partial charge is 0.449 e. The molecule has 0 aliphatic carbocycles. The first kappa shape index (κ1) is 7.61. The fraction of sp³-hybridized carbons (Fsp3) is 0.375. The summed E-state index contributed by atoms with van der Waals surface area (Å²) >= 11 is 1.64. The highest BCUT2D eigenvalue weighted by Gasteiger charge is 2.20. The lowest BCUT2D eigenvalue weighted by Crippen LogP contribution is -2.34. The molecule has 3 nitrogen and oxygen atoms in total. The van der Waals surface area contributed by atoms with E-state index in [9.17, 15) is 4.79 Å². The summed E-state index contributed by atoms with van der Waals surface area (Å²) in [5.41, 5.74) is 1.18. The van der Waals surface area contributed by atoms with Crippen molar-refractivity contribution in [2.24, 2.45) is 0 Å². The van der Waals surface area contributed by atoms with Crippen LogP contribution in [-0.4, -0.2) is 12.7 Å². The van der Waals surface area contributed by atoms with E-state index in [4.69, 9.17) is 4.74 Å². The van der Waals surface area contributed by atoms with E-state index in [0.717, 1.165) is 6.42 Å². The Hall–Kier alpha value is -1.03. The van der Waals surface area contributed by atoms with Gasteiger partial charge in [0.15, 0.2) is 0 Å². The molecule has 0 spiro atoms. The molecule has 0 saturated carbocycles. The van der Waals surface area contributed by atoms with E-state index >= 15 is 0 Å². The number of hydrogen-bond donors (Lipinski definition) is 1. The average molecular weight is 183 g/mol. The van der Waals surface area contributed by atoms with E-state index in [1.165, 1.54) is 5.56 Å². The number of cyclic esters (lactones) is 1. The lowest BCUT2D eigenvalue weighted by atomic mass is 10.1. The van der Waals surface area contributed by atoms with Crippen molar-refractivity contribution >= 4 is 17.4 Å². The second kappa shape index (κ2) is 3.15. The normalized spacial score (nSPS) is 23.0. The van der Waals surface area contributed by atoms with Gasteiger partial charge in [0.1, 0.15) is 0 Å². The summed E-state index contributed by atoms with van der Waals surface area (Å²) in [5, 5.41) is 6.83. The van der Waals surface area contributed by atoms with Gasteiger partial charge in [0.2, 0.25) is 0 Å². The Morgan fingerprint density at radius 3 is 3.25 bits per heavy atom. The summed E-state index contributed by atoms with van der Waals surface area (Å²) in [4.78, 5) is 10.8. The molecule has 1 aliphatic heterocycles. The Morgan fingerprint density at radius 1 is 1.67 bits per heavy atom. The molecule has 1 aromatic heterocycles. The smallest absolute Gasteiger partial charge is 0.407 e. The molecule has 1 aliphatic rings. The van der Waals surface area contributed by atoms with Gasteiger partial charge in [-0.15, -0.1) is 0 Å². The molecule has 1 amide bonds. The second-order valence-electron chi connectivity index (χ2n) is 2.68. The van der Waals surface area contributed by atoms with Crippen LogP contribution in [0.15, 0.2) is 16.8 Å². The summed E-state index contributed by atoms with van der Waals surface area (Å²) < 4.78 is 4.76. The molecule has 64 valence electrons. The van der Waals surface area contributed by atoms with Crippen LogP contribution in [0.4, 0.5) is 4.79 Å². The molecule has 1 N–H and O–H groups in total. The van der Waals surface area contributed by atoms with E-state index in [0.29, 0.717) is 6.61 Å². The molecule has 4 heteroatoms. The Bertz CT molecular complexity index is 271. The Labute approximate surface area is 74.4 Å². The second-order valence-corrected chi connectivity index (χ2v) is 3.46. The summed E-state index contributed by atoms with van der Waals surface area (Å²) in [6, 6.07) is 2.18. The zero-order valence-corrected chi connectivity index (χ0v) is 7.26. The zero-order chi connectivity index (χ0) is 8.39. The van der Waals surface area contributed by atoms with Crippen molar-refractivity contribution in [2.75, 3.05) is 6.61 Å². The highest BCUT2D eigenvalue weighted by atomic mass is 32.1. The van der Waals surface area contributed by atoms with Crippen molar-refractivity contribution in [1.82, 2.24) is 5.32 Å². The van der Waals surface area contributed by atoms with E-state index < -0.39 is 0 Å². The minimum absolute atomic E-state index is 0.150. The standard InChI is InChI=1S/C8H9NO2S/c10-8-9-7(1-3-11-8)6-2-4-12-5-6/h2,4-5,7H,1,3H2,(H,9,10). The molecule has 2 heterocycles. The third kappa shape index (κ3) is 1.43. The van der Waals surface area contributed by atoms with Crippen molar-refractivity contribution in [3.05, 3.63) is 22.4 Å². The van der Waals surface area contributed by atoms with Gasteiger partial charge < -0.3 is 10.1 Å². The van der Waals surface area contributed by atoms with Crippen LogP contribution in [0.3, 0.4) is 0 Å². The maximum absolute atomic E-state index is 10.8. The van der Waals surface area contributed by atoms with Crippen LogP contribution in [0.25, 0.3) is 0 Å². The lowest BCUT2D eigenvalue weighted by Gasteiger charge is -2.22. The van der Waals surface area contributed by atoms with Crippen LogP contribution < -0.4 is 5.32 Å². The van der Waals surface area contributed by atoms with Crippen LogP contribution in [-0.2, 0) is 4.74 Å². The van der Waals surface area contributed by atoms with Gasteiger partial charge in [-0.3, -0.25) is 0 Å². The van der Waals surface area contributed by atoms with Crippen LogP contribution >= 0.6 is 11.3 Å². The van der Waals surface area contributed by atoms with Gasteiger partial charge >= 0.3 is 6.09 Å². The molecule has 1 unspecified atom stereocenters. The van der Waals surface area contributed by atoms with Gasteiger partial charge in [0.25, 0.3) is 0 Å². The number of nitrogens with one attached hydrogen (secondary N) is 1. The average Bonchev–Trinajstić information content (AvgIpc) is 2.56. The Kier molecular flexibility index (Phi) is 1.99. The van der Waals surface area contributed by atoms with Crippen LogP contribution in [0.2, 0.25) is 0 Å². The summed E-state index contributed by atoms with van der Waals surface area (Å²) in [6.07, 6.45) is 0.556. The van der Waals surface area contributed by atoms with E-state index in [-0.39, 0.29) is 12.1 Å². The fourth-order valence-electron chi connectivity index (χ4n) is 1.25. The van der Waals surface area contributed by atoms with Crippen molar-refractivity contribution < 1.29 is 9.53 Å². The molecule has 1 aromatic rings. The van der Waals surface area contributed by atoms with Gasteiger partial charge in [0, 0.05) is 6.42 Å². The summed E-state index contributed by atoms with van der Waals surface area (Å²) in [6.45, 7) is 0.520. The van der Waals surface area contributed by atoms with Crippen LogP contribution in [0.1, 0.15) is 18.0 Å². The van der Waals surface area contributed by atoms with E-state index in [1.54, 1.807) is 11.3 Å². The lowest BCUT2D eigenvalue weighted by molar-refractivity contribution is 0.115. The Morgan fingerprint density at radius 2 is 2.58 bits per heavy atom. The molecule has 1 fully saturated rings. The van der Waals surface area contributed by atoms with E-state index in [2.05, 4.69) is 10.7 Å². The molecular formula is C8H9NO2S. The van der Waals surface area contributed by atoms with Crippen LogP contribution in [0.5, 0.6) is 0 Å². The number of hydrogen-bond acceptors (Lipinski definition) is 3. The van der Waals surface area contributed by atoms with Gasteiger partial charge in [-0.1, -0.05) is 0 Å². The first-order valence-corrected chi connectivity index (χ1v) is 4.76. The highest BCUT2D eigenvalue weighted by molar-refractivity contribution is 7.07. The van der Waals surface area contributed by atoms with Crippen molar-refractivity contribution in [1.29, 1.82) is 0 Å². The topological polar surface area (TPSA) is 38.3 Å². The maximum Gasteiger partial charge on any atom is 0.407 e. The first-order valence-electron chi connectivity index (χ1n) is 3.81. The zero-order valence-electron chi connectivity index (χ0n) is 6.45. The fourth-order valence-corrected chi connectivity index (χ4v) is 1.96. The SMILES string of the molecule is O=C1NC(c2ccsc2)CCO1. The predicted octanol–water partition coefficient (Wildman–Crippen LogP) is 1.92. The molecule has 2 rings (SSSR count). The van der Waals surface area contributed by atoms with Gasteiger partial charge in [0.05, 0.1) is 12.6 Å². The highest BCUT2D eigenvalue weighted by Crippen LogP contribution is 2.21. The monoisotopic (exact) mass is 183 g/mol. The number of alkyl carbamates (subject to hydrolysis) is 1. The van der Waals surface area contributed by atoms with Crippen LogP contribution in [0, 0.1) is 0 Å². The first-order chi connectivity index (χ1) is 5.86. The molecule has 0 bridgehead atoms. The number of rotatable bonds is 1. The third-order valence-corrected chi connectivity index (χ3v) is 2.58. The number of carbonyl (C=O) groups is 1. The minimum atomic E-state index is -0.308. The quantitative estimate of drug-likeness (QED) is 0.722. The summed E-state index contributed by atoms with van der Waals surface area (Å²) in [5.74, 6) is 0. The summed E-state index contributed by atoms with van der Waals surface area (Å²) in [7, 11) is 0. The van der Waals surface area contributed by atoms with Crippen molar-refractivity contribution in [3.63, 3.8) is 0 Å². The number of amides is 1. The molecule has 12 heavy (non-hydrogen) atoms. The van der Waals surface area contributed by atoms with Gasteiger partial charge in [-0.2, -0.15) is 11.3 Å². The number of carbonyl (C=O) groups excluding carboxylic acids is 1.